The van der Waals surface area contributed by atoms with Crippen molar-refractivity contribution in [3.8, 4) is 0 Å². The quantitative estimate of drug-likeness (QED) is 0.652. The molecule has 0 aliphatic carbocycles. The second kappa shape index (κ2) is 6.54. The highest BCUT2D eigenvalue weighted by atomic mass is 32.2. The number of thioether (sulfide) groups is 1. The molecule has 0 aromatic carbocycles. The molecular formula is C14H21N3O3S2. The summed E-state index contributed by atoms with van der Waals surface area (Å²) in [4.78, 5) is 20.9. The van der Waals surface area contributed by atoms with Gasteiger partial charge < -0.3 is 5.32 Å². The van der Waals surface area contributed by atoms with E-state index in [1.54, 1.807) is 6.92 Å². The van der Waals surface area contributed by atoms with Crippen LogP contribution in [0, 0.1) is 20.8 Å². The summed E-state index contributed by atoms with van der Waals surface area (Å²) in [6.07, 6.45) is 0.491. The number of aryl methyl sites for hydroxylation is 2. The number of nitrogens with one attached hydrogen (secondary N) is 1. The molecule has 0 spiro atoms. The highest BCUT2D eigenvalue weighted by Crippen LogP contribution is 2.22. The van der Waals surface area contributed by atoms with E-state index in [0.717, 1.165) is 17.0 Å². The van der Waals surface area contributed by atoms with Gasteiger partial charge in [0.25, 0.3) is 0 Å². The molecule has 22 heavy (non-hydrogen) atoms. The number of nitrogens with zero attached hydrogens (tertiary/aromatic N) is 2. The molecule has 8 heteroatoms. The lowest BCUT2D eigenvalue weighted by atomic mass is 10.2. The topological polar surface area (TPSA) is 89.0 Å². The summed E-state index contributed by atoms with van der Waals surface area (Å²) in [5.74, 6) is 0.0143. The van der Waals surface area contributed by atoms with Crippen LogP contribution in [0.15, 0.2) is 5.16 Å². The van der Waals surface area contributed by atoms with Gasteiger partial charge in [0.15, 0.2) is 15.0 Å². The normalized spacial score (nSPS) is 21.5. The average molecular weight is 343 g/mol. The third kappa shape index (κ3) is 4.19. The van der Waals surface area contributed by atoms with Gasteiger partial charge in [-0.3, -0.25) is 4.79 Å². The van der Waals surface area contributed by atoms with Crippen molar-refractivity contribution in [2.45, 2.75) is 50.6 Å². The van der Waals surface area contributed by atoms with E-state index in [0.29, 0.717) is 11.6 Å². The predicted octanol–water partition coefficient (Wildman–Crippen LogP) is 1.19. The van der Waals surface area contributed by atoms with E-state index < -0.39 is 9.84 Å². The second-order valence-electron chi connectivity index (χ2n) is 5.67. The minimum absolute atomic E-state index is 0.0371. The first-order chi connectivity index (χ1) is 10.2. The summed E-state index contributed by atoms with van der Waals surface area (Å²) < 4.78 is 22.8. The summed E-state index contributed by atoms with van der Waals surface area (Å²) in [6, 6.07) is -0.275. The first-order valence-electron chi connectivity index (χ1n) is 7.17. The predicted molar refractivity (Wildman–Crippen MR) is 86.8 cm³/mol. The molecule has 1 fully saturated rings. The van der Waals surface area contributed by atoms with E-state index in [2.05, 4.69) is 15.3 Å². The Balaban J connectivity index is 1.97. The third-order valence-electron chi connectivity index (χ3n) is 3.84. The van der Waals surface area contributed by atoms with Crippen molar-refractivity contribution in [3.63, 3.8) is 0 Å². The van der Waals surface area contributed by atoms with Crippen LogP contribution in [-0.4, -0.2) is 47.1 Å². The fourth-order valence-electron chi connectivity index (χ4n) is 2.23. The van der Waals surface area contributed by atoms with Crippen LogP contribution < -0.4 is 5.32 Å². The summed E-state index contributed by atoms with van der Waals surface area (Å²) in [7, 11) is -2.99. The first kappa shape index (κ1) is 17.2. The fourth-order valence-corrected chi connectivity index (χ4v) is 4.78. The molecule has 6 nitrogen and oxygen atoms in total. The molecule has 122 valence electrons. The molecule has 1 aliphatic heterocycles. The zero-order valence-electron chi connectivity index (χ0n) is 13.2. The average Bonchev–Trinajstić information content (AvgIpc) is 2.75. The van der Waals surface area contributed by atoms with Gasteiger partial charge in [-0.15, -0.1) is 0 Å². The number of sulfone groups is 1. The van der Waals surface area contributed by atoms with E-state index in [4.69, 9.17) is 0 Å². The number of hydrogen-bond acceptors (Lipinski definition) is 6. The maximum atomic E-state index is 12.2. The van der Waals surface area contributed by atoms with E-state index >= 15 is 0 Å². The number of carbonyl (C=O) groups is 1. The highest BCUT2D eigenvalue weighted by molar-refractivity contribution is 8.00. The molecular weight excluding hydrogens is 322 g/mol. The molecule has 2 rings (SSSR count). The summed E-state index contributed by atoms with van der Waals surface area (Å²) in [6.45, 7) is 7.58. The zero-order chi connectivity index (χ0) is 16.5. The molecule has 1 amide bonds. The molecule has 2 heterocycles. The van der Waals surface area contributed by atoms with Crippen molar-refractivity contribution >= 4 is 27.5 Å². The Bertz CT molecular complexity index is 666. The van der Waals surface area contributed by atoms with Crippen LogP contribution in [-0.2, 0) is 14.6 Å². The van der Waals surface area contributed by atoms with Gasteiger partial charge in [0.2, 0.25) is 5.91 Å². The van der Waals surface area contributed by atoms with Gasteiger partial charge in [-0.2, -0.15) is 0 Å². The van der Waals surface area contributed by atoms with Gasteiger partial charge in [-0.05, 0) is 39.7 Å². The van der Waals surface area contributed by atoms with Crippen molar-refractivity contribution < 1.29 is 13.2 Å². The number of hydrogen-bond donors (Lipinski definition) is 1. The minimum atomic E-state index is -2.99. The van der Waals surface area contributed by atoms with Crippen LogP contribution in [0.25, 0.3) is 0 Å². The highest BCUT2D eigenvalue weighted by Gasteiger charge is 2.30. The molecule has 1 saturated heterocycles. The largest absolute Gasteiger partial charge is 0.351 e. The van der Waals surface area contributed by atoms with Crippen LogP contribution in [0.5, 0.6) is 0 Å². The number of amides is 1. The van der Waals surface area contributed by atoms with Crippen LogP contribution in [0.2, 0.25) is 0 Å². The Labute approximate surface area is 135 Å². The molecule has 2 atom stereocenters. The Morgan fingerprint density at radius 2 is 1.86 bits per heavy atom. The second-order valence-corrected chi connectivity index (χ2v) is 9.21. The lowest BCUT2D eigenvalue weighted by Crippen LogP contribution is -2.40. The van der Waals surface area contributed by atoms with Gasteiger partial charge in [-0.1, -0.05) is 11.8 Å². The lowest BCUT2D eigenvalue weighted by molar-refractivity contribution is -0.120. The van der Waals surface area contributed by atoms with Crippen LogP contribution >= 0.6 is 11.8 Å². The number of carbonyl (C=O) groups excluding carboxylic acids is 1. The summed E-state index contributed by atoms with van der Waals surface area (Å²) in [5, 5.41) is 3.00. The van der Waals surface area contributed by atoms with Gasteiger partial charge in [0, 0.05) is 17.4 Å². The molecule has 0 radical (unpaired) electrons. The van der Waals surface area contributed by atoms with Crippen molar-refractivity contribution in [3.05, 3.63) is 17.0 Å². The SMILES string of the molecule is Cc1nc(S[C@@H](C)C(=O)N[C@H]2CCS(=O)(=O)C2)nc(C)c1C. The van der Waals surface area contributed by atoms with E-state index in [9.17, 15) is 13.2 Å². The summed E-state index contributed by atoms with van der Waals surface area (Å²) in [5.41, 5.74) is 2.87. The molecule has 0 unspecified atom stereocenters. The Morgan fingerprint density at radius 3 is 2.36 bits per heavy atom. The van der Waals surface area contributed by atoms with Crippen LogP contribution in [0.3, 0.4) is 0 Å². The summed E-state index contributed by atoms with van der Waals surface area (Å²) >= 11 is 1.29. The first-order valence-corrected chi connectivity index (χ1v) is 9.87. The Hall–Kier alpha value is -1.15. The minimum Gasteiger partial charge on any atom is -0.351 e. The van der Waals surface area contributed by atoms with Crippen molar-refractivity contribution in [2.24, 2.45) is 0 Å². The molecule has 0 saturated carbocycles. The maximum Gasteiger partial charge on any atom is 0.233 e. The van der Waals surface area contributed by atoms with E-state index in [1.807, 2.05) is 20.8 Å². The standard InChI is InChI=1S/C14H21N3O3S2/c1-8-9(2)15-14(16-10(8)3)21-11(4)13(18)17-12-5-6-22(19,20)7-12/h11-12H,5-7H2,1-4H3,(H,17,18)/t11-,12-/m0/s1. The molecule has 1 aliphatic rings. The van der Waals surface area contributed by atoms with Gasteiger partial charge in [-0.25, -0.2) is 18.4 Å². The van der Waals surface area contributed by atoms with Gasteiger partial charge in [0.05, 0.1) is 16.8 Å². The van der Waals surface area contributed by atoms with E-state index in [1.165, 1.54) is 11.8 Å². The smallest absolute Gasteiger partial charge is 0.233 e. The van der Waals surface area contributed by atoms with E-state index in [-0.39, 0.29) is 28.7 Å². The number of aromatic nitrogens is 2. The fraction of sp³-hybridized carbons (Fsp3) is 0.643. The monoisotopic (exact) mass is 343 g/mol. The Kier molecular flexibility index (Phi) is 5.11. The van der Waals surface area contributed by atoms with Crippen LogP contribution in [0.4, 0.5) is 0 Å². The molecule has 1 N–H and O–H groups in total. The Morgan fingerprint density at radius 1 is 1.27 bits per heavy atom. The van der Waals surface area contributed by atoms with Crippen molar-refractivity contribution in [1.29, 1.82) is 0 Å². The van der Waals surface area contributed by atoms with Gasteiger partial charge in [0.1, 0.15) is 0 Å². The maximum absolute atomic E-state index is 12.2. The van der Waals surface area contributed by atoms with Crippen molar-refractivity contribution in [2.75, 3.05) is 11.5 Å². The van der Waals surface area contributed by atoms with Crippen LogP contribution in [0.1, 0.15) is 30.3 Å². The molecule has 1 aromatic heterocycles. The zero-order valence-corrected chi connectivity index (χ0v) is 14.8. The molecule has 1 aromatic rings. The third-order valence-corrected chi connectivity index (χ3v) is 6.57. The van der Waals surface area contributed by atoms with Gasteiger partial charge >= 0.3 is 0 Å². The van der Waals surface area contributed by atoms with Crippen molar-refractivity contribution in [1.82, 2.24) is 15.3 Å². The molecule has 0 bridgehead atoms. The number of rotatable bonds is 4. The lowest BCUT2D eigenvalue weighted by Gasteiger charge is -2.15.